The van der Waals surface area contributed by atoms with Crippen LogP contribution in [0.25, 0.3) is 16.2 Å². The number of carbonyl (C=O) groups is 1. The third-order valence-corrected chi connectivity index (χ3v) is 5.18. The summed E-state index contributed by atoms with van der Waals surface area (Å²) in [4.78, 5) is 19.6. The first-order chi connectivity index (χ1) is 13.1. The number of fused-ring (bicyclic) bond motifs is 1. The summed E-state index contributed by atoms with van der Waals surface area (Å²) < 4.78 is 17.6. The van der Waals surface area contributed by atoms with Gasteiger partial charge in [-0.2, -0.15) is 0 Å². The van der Waals surface area contributed by atoms with Gasteiger partial charge in [-0.25, -0.2) is 9.37 Å². The quantitative estimate of drug-likeness (QED) is 0.530. The van der Waals surface area contributed by atoms with Crippen LogP contribution in [0.4, 0.5) is 4.39 Å². The number of rotatable bonds is 5. The molecule has 0 atom stereocenters. The molecule has 0 saturated carbocycles. The first-order valence-electron chi connectivity index (χ1n) is 8.42. The number of halogens is 1. The largest absolute Gasteiger partial charge is 0.333 e. The van der Waals surface area contributed by atoms with Gasteiger partial charge in [-0.3, -0.25) is 9.20 Å². The second-order valence-electron chi connectivity index (χ2n) is 6.07. The Hall–Kier alpha value is -3.07. The van der Waals surface area contributed by atoms with Gasteiger partial charge in [-0.05, 0) is 19.1 Å². The van der Waals surface area contributed by atoms with Crippen LogP contribution in [0, 0.1) is 5.82 Å². The minimum atomic E-state index is -0.341. The van der Waals surface area contributed by atoms with Gasteiger partial charge in [-0.1, -0.05) is 12.1 Å². The molecule has 4 aromatic rings. The second-order valence-corrected chi connectivity index (χ2v) is 6.91. The van der Waals surface area contributed by atoms with Crippen LogP contribution in [0.15, 0.2) is 42.2 Å². The fourth-order valence-corrected chi connectivity index (χ4v) is 3.73. The molecule has 0 radical (unpaired) electrons. The zero-order valence-electron chi connectivity index (χ0n) is 14.8. The van der Waals surface area contributed by atoms with Gasteiger partial charge in [0.05, 0.1) is 12.2 Å². The molecule has 0 bridgehead atoms. The smallest absolute Gasteiger partial charge is 0.271 e. The van der Waals surface area contributed by atoms with E-state index in [1.54, 1.807) is 52.5 Å². The highest BCUT2D eigenvalue weighted by Crippen LogP contribution is 2.26. The first-order valence-corrected chi connectivity index (χ1v) is 9.30. The summed E-state index contributed by atoms with van der Waals surface area (Å²) in [5, 5.41) is 9.72. The lowest BCUT2D eigenvalue weighted by atomic mass is 10.1. The summed E-state index contributed by atoms with van der Waals surface area (Å²) in [6.45, 7) is 3.08. The lowest BCUT2D eigenvalue weighted by Gasteiger charge is -2.16. The standard InChI is InChI=1S/C18H17FN6OS/c1-3-24-11-20-22-16(24)9-23(2)17(26)15-10-27-18-21-14(8-25(15)18)12-6-4-5-7-13(12)19/h4-8,10-11H,3,9H2,1-2H3. The van der Waals surface area contributed by atoms with Crippen LogP contribution in [0.3, 0.4) is 0 Å². The maximum atomic E-state index is 14.0. The van der Waals surface area contributed by atoms with Gasteiger partial charge < -0.3 is 9.47 Å². The van der Waals surface area contributed by atoms with Crippen LogP contribution in [-0.2, 0) is 13.1 Å². The molecular weight excluding hydrogens is 367 g/mol. The van der Waals surface area contributed by atoms with Crippen LogP contribution in [0.5, 0.6) is 0 Å². The van der Waals surface area contributed by atoms with Gasteiger partial charge in [0.1, 0.15) is 17.8 Å². The Balaban J connectivity index is 1.63. The summed E-state index contributed by atoms with van der Waals surface area (Å²) in [7, 11) is 1.72. The molecule has 0 N–H and O–H groups in total. The van der Waals surface area contributed by atoms with Crippen LogP contribution in [0.2, 0.25) is 0 Å². The summed E-state index contributed by atoms with van der Waals surface area (Å²) in [6, 6.07) is 6.46. The minimum Gasteiger partial charge on any atom is -0.333 e. The van der Waals surface area contributed by atoms with Crippen molar-refractivity contribution in [2.45, 2.75) is 20.0 Å². The highest BCUT2D eigenvalue weighted by Gasteiger charge is 2.20. The highest BCUT2D eigenvalue weighted by atomic mass is 32.1. The van der Waals surface area contributed by atoms with E-state index in [0.717, 1.165) is 12.4 Å². The third-order valence-electron chi connectivity index (χ3n) is 4.34. The average Bonchev–Trinajstić information content (AvgIpc) is 3.36. The number of benzene rings is 1. The molecule has 138 valence electrons. The molecule has 0 aliphatic carbocycles. The van der Waals surface area contributed by atoms with Crippen LogP contribution in [0.1, 0.15) is 23.2 Å². The van der Waals surface area contributed by atoms with Gasteiger partial charge >= 0.3 is 0 Å². The van der Waals surface area contributed by atoms with E-state index in [0.29, 0.717) is 28.5 Å². The number of nitrogens with zero attached hydrogens (tertiary/aromatic N) is 6. The lowest BCUT2D eigenvalue weighted by molar-refractivity contribution is 0.0773. The Bertz CT molecular complexity index is 1110. The maximum absolute atomic E-state index is 14.0. The summed E-state index contributed by atoms with van der Waals surface area (Å²) >= 11 is 1.35. The van der Waals surface area contributed by atoms with Crippen molar-refractivity contribution in [2.75, 3.05) is 7.05 Å². The molecule has 3 aromatic heterocycles. The van der Waals surface area contributed by atoms with Crippen molar-refractivity contribution in [3.8, 4) is 11.3 Å². The molecule has 1 aromatic carbocycles. The number of thiazole rings is 1. The predicted octanol–water partition coefficient (Wildman–Crippen LogP) is 3.09. The molecule has 3 heterocycles. The number of amides is 1. The third kappa shape index (κ3) is 3.10. The fraction of sp³-hybridized carbons (Fsp3) is 0.222. The van der Waals surface area contributed by atoms with Crippen LogP contribution >= 0.6 is 11.3 Å². The SMILES string of the molecule is CCn1cnnc1CN(C)C(=O)c1csc2nc(-c3ccccc3F)cn12. The summed E-state index contributed by atoms with van der Waals surface area (Å²) in [6.07, 6.45) is 3.34. The average molecular weight is 384 g/mol. The minimum absolute atomic E-state index is 0.163. The predicted molar refractivity (Wildman–Crippen MR) is 100.0 cm³/mol. The number of hydrogen-bond donors (Lipinski definition) is 0. The Morgan fingerprint density at radius 1 is 1.33 bits per heavy atom. The number of imidazole rings is 1. The fourth-order valence-electron chi connectivity index (χ4n) is 2.88. The highest BCUT2D eigenvalue weighted by molar-refractivity contribution is 7.15. The Morgan fingerprint density at radius 2 is 2.15 bits per heavy atom. The van der Waals surface area contributed by atoms with Crippen molar-refractivity contribution in [1.82, 2.24) is 29.0 Å². The van der Waals surface area contributed by atoms with Gasteiger partial charge in [0.15, 0.2) is 10.8 Å². The number of aromatic nitrogens is 5. The monoisotopic (exact) mass is 384 g/mol. The van der Waals surface area contributed by atoms with E-state index in [9.17, 15) is 9.18 Å². The van der Waals surface area contributed by atoms with Crippen molar-refractivity contribution in [3.63, 3.8) is 0 Å². The molecule has 27 heavy (non-hydrogen) atoms. The van der Waals surface area contributed by atoms with Crippen molar-refractivity contribution < 1.29 is 9.18 Å². The van der Waals surface area contributed by atoms with E-state index in [1.165, 1.54) is 17.4 Å². The Kier molecular flexibility index (Phi) is 4.44. The number of hydrogen-bond acceptors (Lipinski definition) is 5. The summed E-state index contributed by atoms with van der Waals surface area (Å²) in [5.41, 5.74) is 1.40. The molecule has 0 saturated heterocycles. The van der Waals surface area contributed by atoms with E-state index in [-0.39, 0.29) is 11.7 Å². The number of carbonyl (C=O) groups excluding carboxylic acids is 1. The molecule has 0 aliphatic rings. The van der Waals surface area contributed by atoms with E-state index >= 15 is 0 Å². The second kappa shape index (κ2) is 6.92. The maximum Gasteiger partial charge on any atom is 0.271 e. The van der Waals surface area contributed by atoms with Crippen molar-refractivity contribution in [2.24, 2.45) is 0 Å². The van der Waals surface area contributed by atoms with E-state index in [4.69, 9.17) is 0 Å². The van der Waals surface area contributed by atoms with Crippen LogP contribution < -0.4 is 0 Å². The van der Waals surface area contributed by atoms with Crippen molar-refractivity contribution in [1.29, 1.82) is 0 Å². The Labute approximate surface area is 158 Å². The molecule has 9 heteroatoms. The molecule has 0 spiro atoms. The topological polar surface area (TPSA) is 68.3 Å². The van der Waals surface area contributed by atoms with E-state index in [1.807, 2.05) is 11.5 Å². The molecule has 4 rings (SSSR count). The zero-order chi connectivity index (χ0) is 19.0. The van der Waals surface area contributed by atoms with Gasteiger partial charge in [0, 0.05) is 30.7 Å². The van der Waals surface area contributed by atoms with Gasteiger partial charge in [-0.15, -0.1) is 21.5 Å². The Morgan fingerprint density at radius 3 is 2.93 bits per heavy atom. The normalized spacial score (nSPS) is 11.2. The molecule has 0 aliphatic heterocycles. The van der Waals surface area contributed by atoms with Gasteiger partial charge in [0.2, 0.25) is 0 Å². The number of aryl methyl sites for hydroxylation is 1. The molecule has 0 unspecified atom stereocenters. The molecular formula is C18H17FN6OS. The molecule has 0 fully saturated rings. The van der Waals surface area contributed by atoms with E-state index in [2.05, 4.69) is 15.2 Å². The lowest BCUT2D eigenvalue weighted by Crippen LogP contribution is -2.28. The first kappa shape index (κ1) is 17.3. The molecule has 1 amide bonds. The van der Waals surface area contributed by atoms with Gasteiger partial charge in [0.25, 0.3) is 5.91 Å². The zero-order valence-corrected chi connectivity index (χ0v) is 15.6. The van der Waals surface area contributed by atoms with Crippen molar-refractivity contribution >= 4 is 22.2 Å². The van der Waals surface area contributed by atoms with Crippen molar-refractivity contribution in [3.05, 3.63) is 59.5 Å². The van der Waals surface area contributed by atoms with E-state index < -0.39 is 0 Å². The molecule has 7 nitrogen and oxygen atoms in total. The van der Waals surface area contributed by atoms with Crippen LogP contribution in [-0.4, -0.2) is 42.0 Å². The summed E-state index contributed by atoms with van der Waals surface area (Å²) in [5.74, 6) is 0.217.